The van der Waals surface area contributed by atoms with Crippen LogP contribution in [0, 0.1) is 0 Å². The van der Waals surface area contributed by atoms with Gasteiger partial charge in [0.05, 0.1) is 7.11 Å². The van der Waals surface area contributed by atoms with E-state index in [9.17, 15) is 4.79 Å². The molecule has 0 amide bonds. The van der Waals surface area contributed by atoms with Gasteiger partial charge in [-0.25, -0.2) is 9.78 Å². The monoisotopic (exact) mass is 418 g/mol. The van der Waals surface area contributed by atoms with Gasteiger partial charge < -0.3 is 15.2 Å². The van der Waals surface area contributed by atoms with Crippen molar-refractivity contribution in [2.75, 3.05) is 12.8 Å². The molecule has 0 unspecified atom stereocenters. The van der Waals surface area contributed by atoms with Crippen LogP contribution in [-0.2, 0) is 11.3 Å². The number of carbonyl (C=O) groups excluding carboxylic acids is 1. The number of hydrogen-bond acceptors (Lipinski definition) is 5. The lowest BCUT2D eigenvalue weighted by atomic mass is 9.97. The van der Waals surface area contributed by atoms with Crippen LogP contribution in [0.4, 0.5) is 5.82 Å². The molecule has 3 aromatic carbocycles. The zero-order chi connectivity index (χ0) is 21.1. The quantitative estimate of drug-likeness (QED) is 0.433. The van der Waals surface area contributed by atoms with Crippen molar-refractivity contribution >= 4 is 34.2 Å². The molecule has 6 heteroatoms. The number of hydrogen-bond donors (Lipinski definition) is 1. The maximum atomic E-state index is 12.4. The highest BCUT2D eigenvalue weighted by atomic mass is 35.5. The zero-order valence-corrected chi connectivity index (χ0v) is 17.0. The number of fused-ring (bicyclic) bond motifs is 1. The highest BCUT2D eigenvalue weighted by Gasteiger charge is 2.22. The molecule has 0 spiro atoms. The SMILES string of the molecule is COC(=O)c1nc(N)c2c(-c3cccc(Cl)c3)cccc2c1OCc1ccccc1. The summed E-state index contributed by atoms with van der Waals surface area (Å²) in [5.74, 6) is -0.0633. The first kappa shape index (κ1) is 19.7. The summed E-state index contributed by atoms with van der Waals surface area (Å²) < 4.78 is 11.0. The van der Waals surface area contributed by atoms with Crippen LogP contribution in [-0.4, -0.2) is 18.1 Å². The van der Waals surface area contributed by atoms with Gasteiger partial charge in [0.15, 0.2) is 11.4 Å². The molecule has 30 heavy (non-hydrogen) atoms. The summed E-state index contributed by atoms with van der Waals surface area (Å²) >= 11 is 6.19. The first-order chi connectivity index (χ1) is 14.6. The lowest BCUT2D eigenvalue weighted by molar-refractivity contribution is 0.0589. The van der Waals surface area contributed by atoms with Gasteiger partial charge in [0.1, 0.15) is 12.4 Å². The molecule has 150 valence electrons. The van der Waals surface area contributed by atoms with E-state index < -0.39 is 5.97 Å². The largest absolute Gasteiger partial charge is 0.486 e. The number of rotatable bonds is 5. The molecular weight excluding hydrogens is 400 g/mol. The van der Waals surface area contributed by atoms with E-state index in [1.54, 1.807) is 0 Å². The number of benzene rings is 3. The molecule has 2 N–H and O–H groups in total. The van der Waals surface area contributed by atoms with E-state index in [0.717, 1.165) is 16.7 Å². The molecule has 5 nitrogen and oxygen atoms in total. The van der Waals surface area contributed by atoms with Crippen LogP contribution >= 0.6 is 11.6 Å². The molecule has 1 heterocycles. The van der Waals surface area contributed by atoms with Crippen molar-refractivity contribution < 1.29 is 14.3 Å². The lowest BCUT2D eigenvalue weighted by Gasteiger charge is -2.16. The van der Waals surface area contributed by atoms with Crippen molar-refractivity contribution in [1.82, 2.24) is 4.98 Å². The summed E-state index contributed by atoms with van der Waals surface area (Å²) in [6, 6.07) is 22.8. The number of pyridine rings is 1. The molecule has 0 aliphatic heterocycles. The van der Waals surface area contributed by atoms with Crippen molar-refractivity contribution in [2.24, 2.45) is 0 Å². The van der Waals surface area contributed by atoms with Crippen molar-refractivity contribution in [3.63, 3.8) is 0 Å². The van der Waals surface area contributed by atoms with Gasteiger partial charge in [-0.15, -0.1) is 0 Å². The molecule has 4 rings (SSSR count). The summed E-state index contributed by atoms with van der Waals surface area (Å²) in [6.45, 7) is 0.271. The molecular formula is C24H19ClN2O3. The molecule has 0 radical (unpaired) electrons. The first-order valence-corrected chi connectivity index (χ1v) is 9.69. The molecule has 0 aliphatic rings. The molecule has 0 aliphatic carbocycles. The van der Waals surface area contributed by atoms with Crippen molar-refractivity contribution in [3.05, 3.63) is 89.1 Å². The summed E-state index contributed by atoms with van der Waals surface area (Å²) in [7, 11) is 1.30. The fourth-order valence-electron chi connectivity index (χ4n) is 3.38. The third-order valence-corrected chi connectivity index (χ3v) is 4.99. The van der Waals surface area contributed by atoms with Gasteiger partial charge in [0.25, 0.3) is 0 Å². The molecule has 0 atom stereocenters. The minimum absolute atomic E-state index is 0.0432. The van der Waals surface area contributed by atoms with Gasteiger partial charge in [-0.2, -0.15) is 0 Å². The molecule has 4 aromatic rings. The molecule has 0 saturated carbocycles. The Kier molecular flexibility index (Phi) is 5.55. The smallest absolute Gasteiger partial charge is 0.360 e. The predicted octanol–water partition coefficient (Wildman–Crippen LogP) is 5.50. The number of ether oxygens (including phenoxy) is 2. The van der Waals surface area contributed by atoms with Crippen LogP contribution in [0.25, 0.3) is 21.9 Å². The van der Waals surface area contributed by atoms with Crippen LogP contribution in [0.2, 0.25) is 5.02 Å². The van der Waals surface area contributed by atoms with Crippen molar-refractivity contribution in [3.8, 4) is 16.9 Å². The van der Waals surface area contributed by atoms with E-state index >= 15 is 0 Å². The summed E-state index contributed by atoms with van der Waals surface area (Å²) in [5.41, 5.74) is 9.04. The third-order valence-electron chi connectivity index (χ3n) is 4.75. The average Bonchev–Trinajstić information content (AvgIpc) is 2.78. The van der Waals surface area contributed by atoms with E-state index in [-0.39, 0.29) is 18.1 Å². The summed E-state index contributed by atoms with van der Waals surface area (Å²) in [5, 5.41) is 1.98. The third kappa shape index (κ3) is 3.80. The van der Waals surface area contributed by atoms with Gasteiger partial charge >= 0.3 is 5.97 Å². The standard InChI is InChI=1S/C24H19ClN2O3/c1-29-24(28)21-22(30-14-15-7-3-2-4-8-15)19-12-6-11-18(20(19)23(26)27-21)16-9-5-10-17(25)13-16/h2-13H,14H2,1H3,(H2,26,27). The van der Waals surface area contributed by atoms with Crippen molar-refractivity contribution in [1.29, 1.82) is 0 Å². The molecule has 1 aromatic heterocycles. The number of methoxy groups -OCH3 is 1. The minimum Gasteiger partial charge on any atom is -0.486 e. The van der Waals surface area contributed by atoms with Crippen molar-refractivity contribution in [2.45, 2.75) is 6.61 Å². The van der Waals surface area contributed by atoms with Crippen LogP contribution in [0.1, 0.15) is 16.1 Å². The van der Waals surface area contributed by atoms with Gasteiger partial charge in [0, 0.05) is 15.8 Å². The topological polar surface area (TPSA) is 74.4 Å². The first-order valence-electron chi connectivity index (χ1n) is 9.31. The Morgan fingerprint density at radius 2 is 1.80 bits per heavy atom. The van der Waals surface area contributed by atoms with E-state index in [1.165, 1.54) is 7.11 Å². The van der Waals surface area contributed by atoms with E-state index in [4.69, 9.17) is 26.8 Å². The van der Waals surface area contributed by atoms with Crippen LogP contribution < -0.4 is 10.5 Å². The van der Waals surface area contributed by atoms with E-state index in [0.29, 0.717) is 21.5 Å². The fraction of sp³-hybridized carbons (Fsp3) is 0.0833. The highest BCUT2D eigenvalue weighted by Crippen LogP contribution is 2.39. The Morgan fingerprint density at radius 1 is 1.03 bits per heavy atom. The molecule has 0 fully saturated rings. The second kappa shape index (κ2) is 8.43. The van der Waals surface area contributed by atoms with Crippen LogP contribution in [0.3, 0.4) is 0 Å². The van der Waals surface area contributed by atoms with Crippen LogP contribution in [0.5, 0.6) is 5.75 Å². The maximum absolute atomic E-state index is 12.4. The second-order valence-corrected chi connectivity index (χ2v) is 7.12. The number of nitrogens with zero attached hydrogens (tertiary/aromatic N) is 1. The van der Waals surface area contributed by atoms with E-state index in [1.807, 2.05) is 72.8 Å². The van der Waals surface area contributed by atoms with Gasteiger partial charge in [0.2, 0.25) is 0 Å². The number of nitrogen functional groups attached to an aromatic ring is 1. The number of esters is 1. The maximum Gasteiger partial charge on any atom is 0.360 e. The second-order valence-electron chi connectivity index (χ2n) is 6.68. The number of halogens is 1. The normalized spacial score (nSPS) is 10.7. The Morgan fingerprint density at radius 3 is 2.53 bits per heavy atom. The zero-order valence-electron chi connectivity index (χ0n) is 16.3. The van der Waals surface area contributed by atoms with Gasteiger partial charge in [-0.3, -0.25) is 0 Å². The Hall–Kier alpha value is -3.57. The minimum atomic E-state index is -0.611. The van der Waals surface area contributed by atoms with Gasteiger partial charge in [-0.1, -0.05) is 72.3 Å². The van der Waals surface area contributed by atoms with Crippen LogP contribution in [0.15, 0.2) is 72.8 Å². The molecule has 0 bridgehead atoms. The Bertz CT molecular complexity index is 1230. The number of aromatic nitrogens is 1. The Labute approximate surface area is 179 Å². The average molecular weight is 419 g/mol. The van der Waals surface area contributed by atoms with E-state index in [2.05, 4.69) is 4.98 Å². The lowest BCUT2D eigenvalue weighted by Crippen LogP contribution is -2.11. The predicted molar refractivity (Wildman–Crippen MR) is 119 cm³/mol. The van der Waals surface area contributed by atoms with Gasteiger partial charge in [-0.05, 0) is 28.8 Å². The number of anilines is 1. The Balaban J connectivity index is 1.92. The fourth-order valence-corrected chi connectivity index (χ4v) is 3.57. The highest BCUT2D eigenvalue weighted by molar-refractivity contribution is 6.31. The summed E-state index contributed by atoms with van der Waals surface area (Å²) in [4.78, 5) is 16.7. The summed E-state index contributed by atoms with van der Waals surface area (Å²) in [6.07, 6.45) is 0. The number of carbonyl (C=O) groups is 1. The molecule has 0 saturated heterocycles. The number of nitrogens with two attached hydrogens (primary N) is 1.